The van der Waals surface area contributed by atoms with E-state index < -0.39 is 5.82 Å². The molecule has 0 saturated carbocycles. The Hall–Kier alpha value is -1.78. The minimum atomic E-state index is -0.628. The second-order valence-corrected chi connectivity index (χ2v) is 4.66. The Labute approximate surface area is 124 Å². The van der Waals surface area contributed by atoms with Gasteiger partial charge in [-0.05, 0) is 18.2 Å². The van der Waals surface area contributed by atoms with Crippen molar-refractivity contribution in [1.82, 2.24) is 0 Å². The van der Waals surface area contributed by atoms with Gasteiger partial charge in [0.1, 0.15) is 11.5 Å². The Morgan fingerprint density at radius 2 is 1.90 bits per heavy atom. The first-order chi connectivity index (χ1) is 9.55. The van der Waals surface area contributed by atoms with Crippen LogP contribution in [0.3, 0.4) is 0 Å². The van der Waals surface area contributed by atoms with E-state index in [0.717, 1.165) is 0 Å². The van der Waals surface area contributed by atoms with Crippen molar-refractivity contribution in [2.45, 2.75) is 0 Å². The molecule has 6 heteroatoms. The first kappa shape index (κ1) is 14.6. The molecular formula is C14H9Cl2FO3. The molecular weight excluding hydrogens is 306 g/mol. The summed E-state index contributed by atoms with van der Waals surface area (Å²) in [5.74, 6) is -0.249. The molecule has 3 nitrogen and oxygen atoms in total. The van der Waals surface area contributed by atoms with E-state index in [1.54, 1.807) is 0 Å². The van der Waals surface area contributed by atoms with Crippen LogP contribution < -0.4 is 9.47 Å². The number of halogens is 3. The third-order valence-electron chi connectivity index (χ3n) is 2.53. The third kappa shape index (κ3) is 3.03. The van der Waals surface area contributed by atoms with Gasteiger partial charge in [-0.2, -0.15) is 0 Å². The van der Waals surface area contributed by atoms with Crippen LogP contribution in [-0.2, 0) is 0 Å². The van der Waals surface area contributed by atoms with Crippen molar-refractivity contribution in [2.24, 2.45) is 0 Å². The predicted molar refractivity (Wildman–Crippen MR) is 74.9 cm³/mol. The summed E-state index contributed by atoms with van der Waals surface area (Å²) in [4.78, 5) is 11.0. The lowest BCUT2D eigenvalue weighted by atomic mass is 10.2. The fourth-order valence-electron chi connectivity index (χ4n) is 1.57. The predicted octanol–water partition coefficient (Wildman–Crippen LogP) is 4.75. The molecule has 2 rings (SSSR count). The van der Waals surface area contributed by atoms with Gasteiger partial charge >= 0.3 is 0 Å². The summed E-state index contributed by atoms with van der Waals surface area (Å²) in [6.45, 7) is 0. The van der Waals surface area contributed by atoms with E-state index >= 15 is 0 Å². The van der Waals surface area contributed by atoms with Gasteiger partial charge in [-0.25, -0.2) is 4.39 Å². The van der Waals surface area contributed by atoms with Gasteiger partial charge in [0.05, 0.1) is 17.7 Å². The van der Waals surface area contributed by atoms with Crippen LogP contribution in [0.1, 0.15) is 10.4 Å². The smallest absolute Gasteiger partial charge is 0.169 e. The van der Waals surface area contributed by atoms with Gasteiger partial charge in [0.25, 0.3) is 0 Å². The molecule has 0 amide bonds. The lowest BCUT2D eigenvalue weighted by Gasteiger charge is -2.11. The van der Waals surface area contributed by atoms with Gasteiger partial charge in [0.15, 0.2) is 17.9 Å². The number of hydrogen-bond donors (Lipinski definition) is 0. The number of benzene rings is 2. The highest BCUT2D eigenvalue weighted by Gasteiger charge is 2.13. The number of hydrogen-bond acceptors (Lipinski definition) is 3. The molecule has 0 bridgehead atoms. The largest absolute Gasteiger partial charge is 0.497 e. The molecule has 0 heterocycles. The number of carbonyl (C=O) groups excluding carboxylic acids is 1. The fraction of sp³-hybridized carbons (Fsp3) is 0.0714. The van der Waals surface area contributed by atoms with E-state index in [1.807, 2.05) is 0 Å². The molecule has 0 aliphatic carbocycles. The van der Waals surface area contributed by atoms with E-state index in [4.69, 9.17) is 32.7 Å². The monoisotopic (exact) mass is 314 g/mol. The summed E-state index contributed by atoms with van der Waals surface area (Å²) in [7, 11) is 1.43. The SMILES string of the molecule is COc1ccc(Oc2cc(Cl)cc(Cl)c2C=O)c(F)c1. The van der Waals surface area contributed by atoms with Crippen LogP contribution in [0.15, 0.2) is 30.3 Å². The zero-order valence-electron chi connectivity index (χ0n) is 10.3. The zero-order chi connectivity index (χ0) is 14.7. The summed E-state index contributed by atoms with van der Waals surface area (Å²) in [6, 6.07) is 6.88. The number of methoxy groups -OCH3 is 1. The number of carbonyl (C=O) groups is 1. The molecule has 20 heavy (non-hydrogen) atoms. The molecule has 0 unspecified atom stereocenters. The average molecular weight is 315 g/mol. The highest BCUT2D eigenvalue weighted by molar-refractivity contribution is 6.36. The number of aldehydes is 1. The quantitative estimate of drug-likeness (QED) is 0.764. The Kier molecular flexibility index (Phi) is 4.47. The Balaban J connectivity index is 2.42. The molecule has 2 aromatic rings. The van der Waals surface area contributed by atoms with Gasteiger partial charge in [0, 0.05) is 17.2 Å². The standard InChI is InChI=1S/C14H9Cl2FO3/c1-19-9-2-3-13(12(17)6-9)20-14-5-8(15)4-11(16)10(14)7-18/h2-7H,1H3. The lowest BCUT2D eigenvalue weighted by molar-refractivity contribution is 0.112. The van der Waals surface area contributed by atoms with Crippen molar-refractivity contribution < 1.29 is 18.7 Å². The summed E-state index contributed by atoms with van der Waals surface area (Å²) in [6.07, 6.45) is 0.523. The molecule has 0 aliphatic heterocycles. The third-order valence-corrected chi connectivity index (χ3v) is 3.06. The van der Waals surface area contributed by atoms with Crippen LogP contribution >= 0.6 is 23.2 Å². The van der Waals surface area contributed by atoms with Crippen molar-refractivity contribution in [1.29, 1.82) is 0 Å². The van der Waals surface area contributed by atoms with Crippen molar-refractivity contribution in [3.05, 3.63) is 51.8 Å². The van der Waals surface area contributed by atoms with Gasteiger partial charge in [-0.3, -0.25) is 4.79 Å². The Morgan fingerprint density at radius 3 is 2.50 bits per heavy atom. The van der Waals surface area contributed by atoms with Crippen molar-refractivity contribution in [2.75, 3.05) is 7.11 Å². The van der Waals surface area contributed by atoms with Crippen LogP contribution in [-0.4, -0.2) is 13.4 Å². The van der Waals surface area contributed by atoms with Crippen molar-refractivity contribution >= 4 is 29.5 Å². The molecule has 0 atom stereocenters. The minimum Gasteiger partial charge on any atom is -0.497 e. The van der Waals surface area contributed by atoms with E-state index in [-0.39, 0.29) is 27.1 Å². The second-order valence-electron chi connectivity index (χ2n) is 3.82. The first-order valence-corrected chi connectivity index (χ1v) is 6.26. The Morgan fingerprint density at radius 1 is 1.15 bits per heavy atom. The number of ether oxygens (including phenoxy) is 2. The maximum Gasteiger partial charge on any atom is 0.169 e. The molecule has 0 aliphatic rings. The summed E-state index contributed by atoms with van der Waals surface area (Å²) < 4.78 is 24.1. The summed E-state index contributed by atoms with van der Waals surface area (Å²) in [5.41, 5.74) is 0.103. The number of rotatable bonds is 4. The topological polar surface area (TPSA) is 35.5 Å². The van der Waals surface area contributed by atoms with Crippen molar-refractivity contribution in [3.63, 3.8) is 0 Å². The van der Waals surface area contributed by atoms with Crippen LogP contribution in [0.5, 0.6) is 17.2 Å². The molecule has 0 spiro atoms. The van der Waals surface area contributed by atoms with Crippen molar-refractivity contribution in [3.8, 4) is 17.2 Å². The van der Waals surface area contributed by atoms with E-state index in [1.165, 1.54) is 37.4 Å². The van der Waals surface area contributed by atoms with Crippen LogP contribution in [0, 0.1) is 5.82 Å². The maximum absolute atomic E-state index is 13.8. The van der Waals surface area contributed by atoms with Crippen LogP contribution in [0.2, 0.25) is 10.0 Å². The van der Waals surface area contributed by atoms with Crippen LogP contribution in [0.25, 0.3) is 0 Å². The molecule has 0 aromatic heterocycles. The van der Waals surface area contributed by atoms with Gasteiger partial charge in [-0.1, -0.05) is 23.2 Å². The molecule has 0 saturated heterocycles. The average Bonchev–Trinajstić information content (AvgIpc) is 2.40. The highest BCUT2D eigenvalue weighted by Crippen LogP contribution is 2.34. The molecule has 0 N–H and O–H groups in total. The zero-order valence-corrected chi connectivity index (χ0v) is 11.8. The second kappa shape index (κ2) is 6.11. The van der Waals surface area contributed by atoms with E-state index in [2.05, 4.69) is 0 Å². The molecule has 0 radical (unpaired) electrons. The van der Waals surface area contributed by atoms with Gasteiger partial charge in [0.2, 0.25) is 0 Å². The van der Waals surface area contributed by atoms with Gasteiger partial charge < -0.3 is 9.47 Å². The van der Waals surface area contributed by atoms with E-state index in [9.17, 15) is 9.18 Å². The lowest BCUT2D eigenvalue weighted by Crippen LogP contribution is -1.94. The summed E-state index contributed by atoms with van der Waals surface area (Å²) in [5, 5.41) is 0.418. The Bertz CT molecular complexity index is 659. The molecule has 104 valence electrons. The molecule has 2 aromatic carbocycles. The van der Waals surface area contributed by atoms with Gasteiger partial charge in [-0.15, -0.1) is 0 Å². The highest BCUT2D eigenvalue weighted by atomic mass is 35.5. The molecule has 0 fully saturated rings. The first-order valence-electron chi connectivity index (χ1n) is 5.50. The summed E-state index contributed by atoms with van der Waals surface area (Å²) >= 11 is 11.7. The normalized spacial score (nSPS) is 10.2. The minimum absolute atomic E-state index is 0.0627. The van der Waals surface area contributed by atoms with Crippen LogP contribution in [0.4, 0.5) is 4.39 Å². The maximum atomic E-state index is 13.8. The fourth-order valence-corrected chi connectivity index (χ4v) is 2.09. The van der Waals surface area contributed by atoms with E-state index in [0.29, 0.717) is 12.0 Å².